The first-order chi connectivity index (χ1) is 9.02. The molecule has 6 heteroatoms. The summed E-state index contributed by atoms with van der Waals surface area (Å²) in [5, 5.41) is 2.73. The van der Waals surface area contributed by atoms with Crippen LogP contribution in [0.2, 0.25) is 0 Å². The lowest BCUT2D eigenvalue weighted by Crippen LogP contribution is -2.56. The standard InChI is InChI=1S/C13H14BrFN2O2/c1-2-11-12(18)16-3-4-17(11)13(19)8-5-9(14)7-10(15)6-8/h5-7,11H,2-4H2,1H3,(H,16,18). The van der Waals surface area contributed by atoms with Gasteiger partial charge in [-0.05, 0) is 24.6 Å². The molecule has 19 heavy (non-hydrogen) atoms. The van der Waals surface area contributed by atoms with Gasteiger partial charge in [0.1, 0.15) is 11.9 Å². The SMILES string of the molecule is CCC1C(=O)NCCN1C(=O)c1cc(F)cc(Br)c1. The highest BCUT2D eigenvalue weighted by Gasteiger charge is 2.32. The summed E-state index contributed by atoms with van der Waals surface area (Å²) in [7, 11) is 0. The summed E-state index contributed by atoms with van der Waals surface area (Å²) < 4.78 is 13.8. The van der Waals surface area contributed by atoms with E-state index in [0.717, 1.165) is 0 Å². The Morgan fingerprint density at radius 3 is 2.89 bits per heavy atom. The van der Waals surface area contributed by atoms with E-state index in [1.165, 1.54) is 17.0 Å². The van der Waals surface area contributed by atoms with Crippen molar-refractivity contribution in [1.82, 2.24) is 10.2 Å². The number of piperazine rings is 1. The van der Waals surface area contributed by atoms with Crippen LogP contribution in [0, 0.1) is 5.82 Å². The molecule has 1 fully saturated rings. The number of halogens is 2. The van der Waals surface area contributed by atoms with Crippen LogP contribution < -0.4 is 5.32 Å². The number of hydrogen-bond acceptors (Lipinski definition) is 2. The van der Waals surface area contributed by atoms with Gasteiger partial charge >= 0.3 is 0 Å². The van der Waals surface area contributed by atoms with Crippen molar-refractivity contribution in [3.63, 3.8) is 0 Å². The molecule has 0 radical (unpaired) electrons. The van der Waals surface area contributed by atoms with E-state index in [1.54, 1.807) is 6.07 Å². The van der Waals surface area contributed by atoms with Crippen molar-refractivity contribution in [2.75, 3.05) is 13.1 Å². The molecule has 1 atom stereocenters. The third kappa shape index (κ3) is 2.94. The Bertz CT molecular complexity index is 501. The van der Waals surface area contributed by atoms with Crippen LogP contribution >= 0.6 is 15.9 Å². The number of carbonyl (C=O) groups is 2. The number of carbonyl (C=O) groups excluding carboxylic acids is 2. The van der Waals surface area contributed by atoms with Crippen LogP contribution in [0.4, 0.5) is 4.39 Å². The van der Waals surface area contributed by atoms with Crippen molar-refractivity contribution < 1.29 is 14.0 Å². The fraction of sp³-hybridized carbons (Fsp3) is 0.385. The topological polar surface area (TPSA) is 49.4 Å². The molecule has 1 unspecified atom stereocenters. The summed E-state index contributed by atoms with van der Waals surface area (Å²) in [5.74, 6) is -0.952. The summed E-state index contributed by atoms with van der Waals surface area (Å²) >= 11 is 3.16. The predicted octanol–water partition coefficient (Wildman–Crippen LogP) is 1.94. The van der Waals surface area contributed by atoms with E-state index in [4.69, 9.17) is 0 Å². The van der Waals surface area contributed by atoms with Crippen LogP contribution in [0.25, 0.3) is 0 Å². The van der Waals surface area contributed by atoms with Crippen molar-refractivity contribution in [3.05, 3.63) is 34.1 Å². The van der Waals surface area contributed by atoms with Gasteiger partial charge in [-0.25, -0.2) is 4.39 Å². The second kappa shape index (κ2) is 5.69. The van der Waals surface area contributed by atoms with Gasteiger partial charge in [0, 0.05) is 23.1 Å². The number of hydrogen-bond donors (Lipinski definition) is 1. The van der Waals surface area contributed by atoms with E-state index in [0.29, 0.717) is 24.0 Å². The number of amides is 2. The first-order valence-electron chi connectivity index (χ1n) is 6.07. The van der Waals surface area contributed by atoms with E-state index in [2.05, 4.69) is 21.2 Å². The molecule has 2 rings (SSSR count). The number of nitrogens with zero attached hydrogens (tertiary/aromatic N) is 1. The maximum Gasteiger partial charge on any atom is 0.254 e. The lowest BCUT2D eigenvalue weighted by Gasteiger charge is -2.34. The molecule has 102 valence electrons. The van der Waals surface area contributed by atoms with Crippen LogP contribution in [0.5, 0.6) is 0 Å². The van der Waals surface area contributed by atoms with Gasteiger partial charge in [0.05, 0.1) is 0 Å². The molecule has 1 heterocycles. The molecule has 0 spiro atoms. The minimum absolute atomic E-state index is 0.155. The monoisotopic (exact) mass is 328 g/mol. The third-order valence-electron chi connectivity index (χ3n) is 3.09. The summed E-state index contributed by atoms with van der Waals surface area (Å²) in [5.41, 5.74) is 0.250. The van der Waals surface area contributed by atoms with Gasteiger partial charge in [-0.3, -0.25) is 9.59 Å². The molecule has 1 aliphatic heterocycles. The summed E-state index contributed by atoms with van der Waals surface area (Å²) in [6.45, 7) is 2.71. The third-order valence-corrected chi connectivity index (χ3v) is 3.55. The van der Waals surface area contributed by atoms with Crippen molar-refractivity contribution in [3.8, 4) is 0 Å². The zero-order valence-corrected chi connectivity index (χ0v) is 12.0. The van der Waals surface area contributed by atoms with Crippen LogP contribution in [0.3, 0.4) is 0 Å². The molecule has 1 aromatic carbocycles. The van der Waals surface area contributed by atoms with Gasteiger partial charge in [0.25, 0.3) is 5.91 Å². The second-order valence-electron chi connectivity index (χ2n) is 4.37. The van der Waals surface area contributed by atoms with Crippen molar-refractivity contribution in [2.45, 2.75) is 19.4 Å². The first-order valence-corrected chi connectivity index (χ1v) is 6.87. The van der Waals surface area contributed by atoms with Gasteiger partial charge in [-0.1, -0.05) is 22.9 Å². The molecular weight excluding hydrogens is 315 g/mol. The fourth-order valence-electron chi connectivity index (χ4n) is 2.21. The minimum Gasteiger partial charge on any atom is -0.353 e. The van der Waals surface area contributed by atoms with Gasteiger partial charge in [-0.15, -0.1) is 0 Å². The number of rotatable bonds is 2. The van der Waals surface area contributed by atoms with Crippen LogP contribution in [-0.2, 0) is 4.79 Å². The quantitative estimate of drug-likeness (QED) is 0.901. The molecule has 0 bridgehead atoms. The van der Waals surface area contributed by atoms with Crippen LogP contribution in [-0.4, -0.2) is 35.8 Å². The molecular formula is C13H14BrFN2O2. The zero-order valence-electron chi connectivity index (χ0n) is 10.5. The van der Waals surface area contributed by atoms with Gasteiger partial charge in [-0.2, -0.15) is 0 Å². The lowest BCUT2D eigenvalue weighted by molar-refractivity contribution is -0.127. The van der Waals surface area contributed by atoms with Crippen molar-refractivity contribution >= 4 is 27.7 Å². The Kier molecular flexibility index (Phi) is 4.19. The second-order valence-corrected chi connectivity index (χ2v) is 5.29. The lowest BCUT2D eigenvalue weighted by atomic mass is 10.1. The average molecular weight is 329 g/mol. The summed E-state index contributed by atoms with van der Waals surface area (Å²) in [6.07, 6.45) is 0.536. The van der Waals surface area contributed by atoms with Crippen molar-refractivity contribution in [2.24, 2.45) is 0 Å². The van der Waals surface area contributed by atoms with E-state index in [-0.39, 0.29) is 17.4 Å². The van der Waals surface area contributed by atoms with Gasteiger partial charge < -0.3 is 10.2 Å². The highest BCUT2D eigenvalue weighted by molar-refractivity contribution is 9.10. The molecule has 2 amide bonds. The zero-order chi connectivity index (χ0) is 14.0. The molecule has 1 aromatic rings. The predicted molar refractivity (Wildman–Crippen MR) is 72.2 cm³/mol. The maximum absolute atomic E-state index is 13.3. The molecule has 1 aliphatic rings. The Morgan fingerprint density at radius 1 is 1.53 bits per heavy atom. The van der Waals surface area contributed by atoms with Gasteiger partial charge in [0.15, 0.2) is 0 Å². The van der Waals surface area contributed by atoms with E-state index in [1.807, 2.05) is 6.92 Å². The van der Waals surface area contributed by atoms with E-state index < -0.39 is 11.9 Å². The molecule has 0 saturated carbocycles. The average Bonchev–Trinajstić information content (AvgIpc) is 2.36. The van der Waals surface area contributed by atoms with Crippen LogP contribution in [0.15, 0.2) is 22.7 Å². The Labute approximate surface area is 119 Å². The highest BCUT2D eigenvalue weighted by atomic mass is 79.9. The molecule has 0 aliphatic carbocycles. The first kappa shape index (κ1) is 14.0. The largest absolute Gasteiger partial charge is 0.353 e. The van der Waals surface area contributed by atoms with Crippen LogP contribution in [0.1, 0.15) is 23.7 Å². The molecule has 4 nitrogen and oxygen atoms in total. The molecule has 1 N–H and O–H groups in total. The van der Waals surface area contributed by atoms with E-state index >= 15 is 0 Å². The fourth-order valence-corrected chi connectivity index (χ4v) is 2.67. The number of nitrogens with one attached hydrogen (secondary N) is 1. The Morgan fingerprint density at radius 2 is 2.26 bits per heavy atom. The highest BCUT2D eigenvalue weighted by Crippen LogP contribution is 2.19. The maximum atomic E-state index is 13.3. The Hall–Kier alpha value is -1.43. The minimum atomic E-state index is -0.483. The van der Waals surface area contributed by atoms with Gasteiger partial charge in [0.2, 0.25) is 5.91 Å². The van der Waals surface area contributed by atoms with E-state index in [9.17, 15) is 14.0 Å². The smallest absolute Gasteiger partial charge is 0.254 e. The molecule has 0 aromatic heterocycles. The Balaban J connectivity index is 2.29. The summed E-state index contributed by atoms with van der Waals surface area (Å²) in [4.78, 5) is 25.6. The molecule has 1 saturated heterocycles. The normalized spacial score (nSPS) is 19.2. The number of benzene rings is 1. The summed E-state index contributed by atoms with van der Waals surface area (Å²) in [6, 6.07) is 3.55. The van der Waals surface area contributed by atoms with Crippen molar-refractivity contribution in [1.29, 1.82) is 0 Å².